The van der Waals surface area contributed by atoms with Gasteiger partial charge >= 0.3 is 0 Å². The third-order valence-electron chi connectivity index (χ3n) is 5.95. The van der Waals surface area contributed by atoms with E-state index < -0.39 is 44.3 Å². The van der Waals surface area contributed by atoms with Gasteiger partial charge in [0.25, 0.3) is 5.91 Å². The average Bonchev–Trinajstić information content (AvgIpc) is 3.19. The summed E-state index contributed by atoms with van der Waals surface area (Å²) in [6.07, 6.45) is 0.221. The Bertz CT molecular complexity index is 1370. The number of carbonyl (C=O) groups is 1. The molecular formula is C23H24F3N5O3S. The van der Waals surface area contributed by atoms with Crippen molar-refractivity contribution in [2.75, 3.05) is 11.9 Å². The Morgan fingerprint density at radius 3 is 2.51 bits per heavy atom. The number of hydrogen-bond acceptors (Lipinski definition) is 5. The second kappa shape index (κ2) is 9.44. The summed E-state index contributed by atoms with van der Waals surface area (Å²) in [6, 6.07) is 5.67. The molecule has 1 amide bonds. The largest absolute Gasteiger partial charge is 0.324 e. The highest BCUT2D eigenvalue weighted by atomic mass is 32.2. The number of nitrogens with one attached hydrogen (secondary N) is 2. The van der Waals surface area contributed by atoms with Crippen molar-refractivity contribution in [3.8, 4) is 0 Å². The number of halogens is 3. The minimum atomic E-state index is -4.24. The number of anilines is 1. The molecule has 4 rings (SSSR count). The SMILES string of the molecule is CC(C)C(N)c1cccc(F)c1C(=O)Nc1n[nH]c2c1CN(S(=O)(=O)c1cc(F)cc(F)c1)CC2. The smallest absolute Gasteiger partial charge is 0.260 e. The van der Waals surface area contributed by atoms with Crippen LogP contribution in [0.25, 0.3) is 0 Å². The van der Waals surface area contributed by atoms with Crippen LogP contribution in [-0.2, 0) is 23.0 Å². The van der Waals surface area contributed by atoms with Gasteiger partial charge in [-0.25, -0.2) is 21.6 Å². The molecule has 0 saturated heterocycles. The van der Waals surface area contributed by atoms with Crippen molar-refractivity contribution in [3.05, 3.63) is 76.2 Å². The van der Waals surface area contributed by atoms with Gasteiger partial charge in [-0.2, -0.15) is 9.40 Å². The Balaban J connectivity index is 1.63. The van der Waals surface area contributed by atoms with E-state index >= 15 is 0 Å². The molecular weight excluding hydrogens is 483 g/mol. The van der Waals surface area contributed by atoms with Gasteiger partial charge in [0.15, 0.2) is 5.82 Å². The van der Waals surface area contributed by atoms with Crippen LogP contribution in [0.2, 0.25) is 0 Å². The highest BCUT2D eigenvalue weighted by Gasteiger charge is 2.33. The van der Waals surface area contributed by atoms with E-state index in [1.165, 1.54) is 6.07 Å². The lowest BCUT2D eigenvalue weighted by Crippen LogP contribution is -2.36. The molecule has 186 valence electrons. The zero-order valence-corrected chi connectivity index (χ0v) is 19.8. The van der Waals surface area contributed by atoms with Gasteiger partial charge in [0.05, 0.1) is 10.5 Å². The number of hydrogen-bond donors (Lipinski definition) is 3. The summed E-state index contributed by atoms with van der Waals surface area (Å²) in [5.41, 5.74) is 7.25. The summed E-state index contributed by atoms with van der Waals surface area (Å²) < 4.78 is 69.0. The standard InChI is InChI=1S/C23H24F3N5O3S/c1-12(2)21(27)16-4-3-5-18(26)20(16)23(32)28-22-17-11-31(7-6-19(17)29-30-22)35(33,34)15-9-13(24)8-14(25)10-15/h3-5,8-10,12,21H,6-7,11,27H2,1-2H3,(H2,28,29,30,32). The molecule has 0 saturated carbocycles. The molecule has 1 aliphatic heterocycles. The molecule has 2 aromatic carbocycles. The van der Waals surface area contributed by atoms with Gasteiger partial charge in [-0.05, 0) is 29.7 Å². The number of carbonyl (C=O) groups excluding carboxylic acids is 1. The summed E-state index contributed by atoms with van der Waals surface area (Å²) in [5.74, 6) is -3.60. The first kappa shape index (κ1) is 24.9. The lowest BCUT2D eigenvalue weighted by Gasteiger charge is -2.26. The molecule has 12 heteroatoms. The van der Waals surface area contributed by atoms with Crippen LogP contribution in [0.15, 0.2) is 41.3 Å². The summed E-state index contributed by atoms with van der Waals surface area (Å²) in [6.45, 7) is 3.52. The monoisotopic (exact) mass is 507 g/mol. The maximum absolute atomic E-state index is 14.7. The number of H-pyrrole nitrogens is 1. The van der Waals surface area contributed by atoms with Gasteiger partial charge in [0.1, 0.15) is 17.5 Å². The van der Waals surface area contributed by atoms with E-state index in [4.69, 9.17) is 5.73 Å². The fraction of sp³-hybridized carbons (Fsp3) is 0.304. The van der Waals surface area contributed by atoms with Crippen LogP contribution in [0.1, 0.15) is 47.1 Å². The molecule has 8 nitrogen and oxygen atoms in total. The second-order valence-corrected chi connectivity index (χ2v) is 10.6. The molecule has 4 N–H and O–H groups in total. The molecule has 0 spiro atoms. The molecule has 0 fully saturated rings. The average molecular weight is 508 g/mol. The molecule has 2 heterocycles. The number of nitrogens with zero attached hydrogens (tertiary/aromatic N) is 2. The van der Waals surface area contributed by atoms with Gasteiger partial charge in [-0.3, -0.25) is 9.89 Å². The Morgan fingerprint density at radius 2 is 1.86 bits per heavy atom. The van der Waals surface area contributed by atoms with Crippen LogP contribution < -0.4 is 11.1 Å². The maximum Gasteiger partial charge on any atom is 0.260 e. The van der Waals surface area contributed by atoms with E-state index in [-0.39, 0.29) is 36.8 Å². The fourth-order valence-electron chi connectivity index (χ4n) is 3.99. The molecule has 1 aliphatic rings. The summed E-state index contributed by atoms with van der Waals surface area (Å²) in [4.78, 5) is 12.5. The molecule has 0 aliphatic carbocycles. The van der Waals surface area contributed by atoms with E-state index in [2.05, 4.69) is 15.5 Å². The Hall–Kier alpha value is -3.22. The number of aromatic nitrogens is 2. The number of sulfonamides is 1. The van der Waals surface area contributed by atoms with Crippen molar-refractivity contribution in [1.82, 2.24) is 14.5 Å². The highest BCUT2D eigenvalue weighted by molar-refractivity contribution is 7.89. The second-order valence-electron chi connectivity index (χ2n) is 8.65. The molecule has 0 bridgehead atoms. The van der Waals surface area contributed by atoms with Crippen LogP contribution in [-0.4, -0.2) is 35.4 Å². The normalized spacial score (nSPS) is 15.2. The van der Waals surface area contributed by atoms with E-state index in [0.717, 1.165) is 22.5 Å². The van der Waals surface area contributed by atoms with Crippen molar-refractivity contribution in [1.29, 1.82) is 0 Å². The summed E-state index contributed by atoms with van der Waals surface area (Å²) >= 11 is 0. The lowest BCUT2D eigenvalue weighted by atomic mass is 9.92. The maximum atomic E-state index is 14.7. The Morgan fingerprint density at radius 1 is 1.17 bits per heavy atom. The van der Waals surface area contributed by atoms with Gasteiger partial charge in [0, 0.05) is 42.9 Å². The number of amides is 1. The van der Waals surface area contributed by atoms with Gasteiger partial charge in [-0.1, -0.05) is 26.0 Å². The van der Waals surface area contributed by atoms with Gasteiger partial charge < -0.3 is 11.1 Å². The van der Waals surface area contributed by atoms with E-state index in [0.29, 0.717) is 22.9 Å². The van der Waals surface area contributed by atoms with E-state index in [1.54, 1.807) is 6.07 Å². The summed E-state index contributed by atoms with van der Waals surface area (Å²) in [5, 5.41) is 9.38. The van der Waals surface area contributed by atoms with Crippen molar-refractivity contribution >= 4 is 21.7 Å². The van der Waals surface area contributed by atoms with Crippen LogP contribution in [0, 0.1) is 23.4 Å². The Kier molecular flexibility index (Phi) is 6.71. The topological polar surface area (TPSA) is 121 Å². The molecule has 35 heavy (non-hydrogen) atoms. The minimum absolute atomic E-state index is 0.0302. The third-order valence-corrected chi connectivity index (χ3v) is 7.78. The predicted molar refractivity (Wildman–Crippen MR) is 122 cm³/mol. The third kappa shape index (κ3) is 4.81. The lowest BCUT2D eigenvalue weighted by molar-refractivity contribution is 0.102. The Labute approximate surface area is 200 Å². The van der Waals surface area contributed by atoms with Gasteiger partial charge in [0.2, 0.25) is 10.0 Å². The molecule has 1 unspecified atom stereocenters. The molecule has 0 radical (unpaired) electrons. The molecule has 1 aromatic heterocycles. The zero-order valence-electron chi connectivity index (χ0n) is 19.0. The quantitative estimate of drug-likeness (QED) is 0.472. The number of nitrogens with two attached hydrogens (primary N) is 1. The highest BCUT2D eigenvalue weighted by Crippen LogP contribution is 2.30. The number of aromatic amines is 1. The zero-order chi connectivity index (χ0) is 25.5. The van der Waals surface area contributed by atoms with E-state index in [1.807, 2.05) is 13.8 Å². The van der Waals surface area contributed by atoms with Crippen molar-refractivity contribution < 1.29 is 26.4 Å². The van der Waals surface area contributed by atoms with Crippen molar-refractivity contribution in [2.24, 2.45) is 11.7 Å². The summed E-state index contributed by atoms with van der Waals surface area (Å²) in [7, 11) is -4.24. The van der Waals surface area contributed by atoms with Crippen LogP contribution >= 0.6 is 0 Å². The van der Waals surface area contributed by atoms with Gasteiger partial charge in [-0.15, -0.1) is 0 Å². The first-order chi connectivity index (χ1) is 16.5. The first-order valence-corrected chi connectivity index (χ1v) is 12.3. The van der Waals surface area contributed by atoms with Crippen LogP contribution in [0.3, 0.4) is 0 Å². The minimum Gasteiger partial charge on any atom is -0.324 e. The number of benzene rings is 2. The van der Waals surface area contributed by atoms with E-state index in [9.17, 15) is 26.4 Å². The number of fused-ring (bicyclic) bond motifs is 1. The van der Waals surface area contributed by atoms with Crippen LogP contribution in [0.5, 0.6) is 0 Å². The molecule has 3 aromatic rings. The first-order valence-electron chi connectivity index (χ1n) is 10.9. The fourth-order valence-corrected chi connectivity index (χ4v) is 5.44. The van der Waals surface area contributed by atoms with Crippen LogP contribution in [0.4, 0.5) is 19.0 Å². The number of rotatable bonds is 6. The van der Waals surface area contributed by atoms with Crippen molar-refractivity contribution in [2.45, 2.75) is 37.8 Å². The van der Waals surface area contributed by atoms with Crippen molar-refractivity contribution in [3.63, 3.8) is 0 Å². The predicted octanol–water partition coefficient (Wildman–Crippen LogP) is 3.48. The molecule has 1 atom stereocenters.